The smallest absolute Gasteiger partial charge is 0.0506 e. The molecule has 3 rings (SSSR count). The van der Waals surface area contributed by atoms with E-state index in [2.05, 4.69) is 50.1 Å². The first-order valence-electron chi connectivity index (χ1n) is 4.66. The van der Waals surface area contributed by atoms with Crippen molar-refractivity contribution in [3.63, 3.8) is 0 Å². The maximum absolute atomic E-state index is 2.36. The Morgan fingerprint density at radius 3 is 1.50 bits per heavy atom. The van der Waals surface area contributed by atoms with E-state index in [-0.39, 0.29) is 11.1 Å². The second kappa shape index (κ2) is 2.12. The van der Waals surface area contributed by atoms with E-state index >= 15 is 0 Å². The number of fused-ring (bicyclic) bond motifs is 2. The van der Waals surface area contributed by atoms with Crippen LogP contribution in [0.25, 0.3) is 0 Å². The van der Waals surface area contributed by atoms with E-state index in [4.69, 9.17) is 0 Å². The first kappa shape index (κ1) is 8.27. The minimum atomic E-state index is 0.270. The number of hydrogen-bond acceptors (Lipinski definition) is 2. The molecule has 2 bridgehead atoms. The molecule has 2 unspecified atom stereocenters. The molecule has 12 heavy (non-hydrogen) atoms. The van der Waals surface area contributed by atoms with E-state index in [1.807, 2.05) is 0 Å². The summed E-state index contributed by atoms with van der Waals surface area (Å²) < 4.78 is 0. The van der Waals surface area contributed by atoms with E-state index in [0.717, 1.165) is 0 Å². The summed E-state index contributed by atoms with van der Waals surface area (Å²) in [5.74, 6) is 0. The van der Waals surface area contributed by atoms with Crippen LogP contribution in [-0.4, -0.2) is 35.2 Å². The van der Waals surface area contributed by atoms with Crippen molar-refractivity contribution < 1.29 is 0 Å². The highest BCUT2D eigenvalue weighted by Crippen LogP contribution is 2.42. The molecular weight excluding hydrogens is 148 g/mol. The molecule has 0 saturated carbocycles. The van der Waals surface area contributed by atoms with E-state index < -0.39 is 0 Å². The Morgan fingerprint density at radius 1 is 0.917 bits per heavy atom. The third kappa shape index (κ3) is 0.824. The van der Waals surface area contributed by atoms with Gasteiger partial charge in [0.1, 0.15) is 0 Å². The Bertz CT molecular complexity index is 212. The van der Waals surface area contributed by atoms with Crippen molar-refractivity contribution >= 4 is 0 Å². The monoisotopic (exact) mass is 166 g/mol. The van der Waals surface area contributed by atoms with Crippen molar-refractivity contribution in [2.45, 2.75) is 37.8 Å². The van der Waals surface area contributed by atoms with Crippen molar-refractivity contribution in [1.29, 1.82) is 0 Å². The molecule has 0 radical (unpaired) electrons. The topological polar surface area (TPSA) is 6.48 Å². The Morgan fingerprint density at radius 2 is 1.25 bits per heavy atom. The third-order valence-electron chi connectivity index (χ3n) is 3.87. The van der Waals surface area contributed by atoms with E-state index in [1.54, 1.807) is 0 Å². The summed E-state index contributed by atoms with van der Waals surface area (Å²) in [7, 11) is 4.36. The molecule has 2 heterocycles. The fourth-order valence-corrected chi connectivity index (χ4v) is 2.26. The van der Waals surface area contributed by atoms with Gasteiger partial charge < -0.3 is 0 Å². The van der Waals surface area contributed by atoms with Crippen LogP contribution in [0.1, 0.15) is 26.7 Å². The lowest BCUT2D eigenvalue weighted by atomic mass is 9.76. The molecule has 1 fully saturated rings. The molecule has 68 valence electrons. The van der Waals surface area contributed by atoms with Crippen molar-refractivity contribution in [2.75, 3.05) is 14.1 Å². The molecule has 0 aromatic heterocycles. The van der Waals surface area contributed by atoms with Gasteiger partial charge in [0, 0.05) is 14.1 Å². The summed E-state index contributed by atoms with van der Waals surface area (Å²) in [4.78, 5) is 0. The second-order valence-electron chi connectivity index (χ2n) is 4.59. The van der Waals surface area contributed by atoms with Gasteiger partial charge in [-0.1, -0.05) is 12.2 Å². The Kier molecular flexibility index (Phi) is 1.46. The van der Waals surface area contributed by atoms with Gasteiger partial charge in [0.25, 0.3) is 0 Å². The van der Waals surface area contributed by atoms with Crippen LogP contribution in [0.5, 0.6) is 0 Å². The zero-order valence-electron chi connectivity index (χ0n) is 8.46. The molecule has 1 saturated heterocycles. The average molecular weight is 166 g/mol. The second-order valence-corrected chi connectivity index (χ2v) is 4.59. The third-order valence-corrected chi connectivity index (χ3v) is 3.87. The molecule has 2 aliphatic heterocycles. The maximum atomic E-state index is 2.36. The molecule has 0 spiro atoms. The Balaban J connectivity index is 2.43. The predicted octanol–water partition coefficient (Wildman–Crippen LogP) is 1.65. The van der Waals surface area contributed by atoms with Gasteiger partial charge in [-0.3, -0.25) is 0 Å². The minimum absolute atomic E-state index is 0.270. The Hall–Kier alpha value is -0.340. The summed E-state index contributed by atoms with van der Waals surface area (Å²) >= 11 is 0. The van der Waals surface area contributed by atoms with Gasteiger partial charge >= 0.3 is 0 Å². The molecule has 2 heteroatoms. The summed E-state index contributed by atoms with van der Waals surface area (Å²) in [6.45, 7) is 4.61. The molecule has 2 nitrogen and oxygen atoms in total. The molecule has 0 amide bonds. The Labute approximate surface area is 74.8 Å². The fraction of sp³-hybridized carbons (Fsp3) is 0.800. The SMILES string of the molecule is CN1N(C)C2(C)C=CC1(C)CC2. The van der Waals surface area contributed by atoms with Crippen LogP contribution in [0.15, 0.2) is 12.2 Å². The highest BCUT2D eigenvalue weighted by Gasteiger charge is 2.46. The molecule has 1 aliphatic carbocycles. The van der Waals surface area contributed by atoms with E-state index in [1.165, 1.54) is 12.8 Å². The summed E-state index contributed by atoms with van der Waals surface area (Å²) in [5.41, 5.74) is 0.541. The number of rotatable bonds is 0. The highest BCUT2D eigenvalue weighted by molar-refractivity contribution is 5.21. The van der Waals surface area contributed by atoms with Gasteiger partial charge in [-0.2, -0.15) is 0 Å². The van der Waals surface area contributed by atoms with Crippen LogP contribution in [-0.2, 0) is 0 Å². The number of likely N-dealkylation sites (N-methyl/N-ethyl adjacent to an activating group) is 2. The largest absolute Gasteiger partial charge is 0.235 e. The predicted molar refractivity (Wildman–Crippen MR) is 50.7 cm³/mol. The van der Waals surface area contributed by atoms with Crippen LogP contribution in [0.3, 0.4) is 0 Å². The van der Waals surface area contributed by atoms with Crippen LogP contribution in [0, 0.1) is 0 Å². The van der Waals surface area contributed by atoms with Crippen molar-refractivity contribution in [3.8, 4) is 0 Å². The molecule has 0 N–H and O–H groups in total. The van der Waals surface area contributed by atoms with E-state index in [9.17, 15) is 0 Å². The fourth-order valence-electron chi connectivity index (χ4n) is 2.26. The van der Waals surface area contributed by atoms with E-state index in [0.29, 0.717) is 0 Å². The zero-order chi connectivity index (χ0) is 8.98. The molecule has 3 aliphatic rings. The van der Waals surface area contributed by atoms with Crippen molar-refractivity contribution in [3.05, 3.63) is 12.2 Å². The first-order valence-corrected chi connectivity index (χ1v) is 4.66. The minimum Gasteiger partial charge on any atom is -0.235 e. The molecular formula is C10H18N2. The van der Waals surface area contributed by atoms with Crippen LogP contribution in [0.2, 0.25) is 0 Å². The summed E-state index contributed by atoms with van der Waals surface area (Å²) in [6.07, 6.45) is 7.27. The van der Waals surface area contributed by atoms with Gasteiger partial charge in [-0.05, 0) is 26.7 Å². The number of hydrazine groups is 1. The lowest BCUT2D eigenvalue weighted by molar-refractivity contribution is -0.146. The molecule has 2 atom stereocenters. The molecule has 0 aromatic carbocycles. The average Bonchev–Trinajstić information content (AvgIpc) is 2.06. The van der Waals surface area contributed by atoms with Crippen molar-refractivity contribution in [2.24, 2.45) is 0 Å². The van der Waals surface area contributed by atoms with Gasteiger partial charge in [0.2, 0.25) is 0 Å². The van der Waals surface area contributed by atoms with Crippen LogP contribution < -0.4 is 0 Å². The molecule has 0 aromatic rings. The lowest BCUT2D eigenvalue weighted by Crippen LogP contribution is -2.66. The first-order chi connectivity index (χ1) is 5.48. The van der Waals surface area contributed by atoms with Gasteiger partial charge in [0.05, 0.1) is 11.1 Å². The standard InChI is InChI=1S/C10H18N2/c1-9-5-7-10(2,8-6-9)12(4)11(9)3/h5,7H,6,8H2,1-4H3. The van der Waals surface area contributed by atoms with Crippen molar-refractivity contribution in [1.82, 2.24) is 10.0 Å². The summed E-state index contributed by atoms with van der Waals surface area (Å²) in [6, 6.07) is 0. The zero-order valence-corrected chi connectivity index (χ0v) is 8.46. The van der Waals surface area contributed by atoms with Crippen LogP contribution in [0.4, 0.5) is 0 Å². The van der Waals surface area contributed by atoms with Crippen LogP contribution >= 0.6 is 0 Å². The normalized spacial score (nSPS) is 48.7. The lowest BCUT2D eigenvalue weighted by Gasteiger charge is -2.58. The number of nitrogens with zero attached hydrogens (tertiary/aromatic N) is 2. The van der Waals surface area contributed by atoms with Gasteiger partial charge in [-0.15, -0.1) is 0 Å². The summed E-state index contributed by atoms with van der Waals surface area (Å²) in [5, 5.41) is 4.72. The van der Waals surface area contributed by atoms with Gasteiger partial charge in [-0.25, -0.2) is 10.0 Å². The van der Waals surface area contributed by atoms with Gasteiger partial charge in [0.15, 0.2) is 0 Å². The maximum Gasteiger partial charge on any atom is 0.0506 e. The number of hydrogen-bond donors (Lipinski definition) is 0. The highest BCUT2D eigenvalue weighted by atomic mass is 15.7. The quantitative estimate of drug-likeness (QED) is 0.505.